The van der Waals surface area contributed by atoms with Gasteiger partial charge in [0.25, 0.3) is 0 Å². The Morgan fingerprint density at radius 1 is 1.28 bits per heavy atom. The van der Waals surface area contributed by atoms with Crippen molar-refractivity contribution in [3.8, 4) is 17.5 Å². The number of piperidine rings is 1. The Balaban J connectivity index is 1.59. The van der Waals surface area contributed by atoms with Gasteiger partial charge in [0.15, 0.2) is 11.8 Å². The minimum absolute atomic E-state index is 0.0655. The second kappa shape index (κ2) is 7.27. The van der Waals surface area contributed by atoms with Gasteiger partial charge < -0.3 is 14.4 Å². The van der Waals surface area contributed by atoms with Crippen LogP contribution in [0.15, 0.2) is 47.1 Å². The molecule has 0 saturated carbocycles. The lowest BCUT2D eigenvalue weighted by molar-refractivity contribution is -0.931. The molecule has 2 N–H and O–H groups in total. The van der Waals surface area contributed by atoms with Gasteiger partial charge in [0.1, 0.15) is 10.7 Å². The number of halogens is 1. The van der Waals surface area contributed by atoms with E-state index in [1.54, 1.807) is 30.5 Å². The van der Waals surface area contributed by atoms with Gasteiger partial charge in [-0.15, -0.1) is 5.10 Å². The topological polar surface area (TPSA) is 68.0 Å². The molecule has 1 aliphatic heterocycles. The summed E-state index contributed by atoms with van der Waals surface area (Å²) < 4.78 is 20.8. The average molecular weight is 413 g/mol. The fraction of sp³-hybridized carbons (Fsp3) is 0.333. The number of nitrogens with zero attached hydrogens (tertiary/aromatic N) is 3. The second-order valence-electron chi connectivity index (χ2n) is 7.73. The van der Waals surface area contributed by atoms with Gasteiger partial charge in [-0.2, -0.15) is 9.50 Å². The second-order valence-corrected chi connectivity index (χ2v) is 8.73. The average Bonchev–Trinajstić information content (AvgIpc) is 3.43. The molecule has 5 rings (SSSR count). The van der Waals surface area contributed by atoms with E-state index in [2.05, 4.69) is 17.0 Å². The van der Waals surface area contributed by atoms with Gasteiger partial charge in [0, 0.05) is 5.56 Å². The number of hydrogen-bond acceptors (Lipinski definition) is 5. The Morgan fingerprint density at radius 3 is 2.79 bits per heavy atom. The van der Waals surface area contributed by atoms with E-state index in [-0.39, 0.29) is 17.7 Å². The number of hydrogen-bond donors (Lipinski definition) is 2. The van der Waals surface area contributed by atoms with Crippen molar-refractivity contribution in [3.05, 3.63) is 58.9 Å². The minimum atomic E-state index is -0.267. The van der Waals surface area contributed by atoms with E-state index < -0.39 is 0 Å². The highest BCUT2D eigenvalue weighted by molar-refractivity contribution is 7.17. The molecule has 1 atom stereocenters. The summed E-state index contributed by atoms with van der Waals surface area (Å²) in [5.74, 6) is 1.48. The van der Waals surface area contributed by atoms with Gasteiger partial charge in [0.2, 0.25) is 16.7 Å². The molecule has 4 aromatic rings. The van der Waals surface area contributed by atoms with E-state index in [0.717, 1.165) is 36.4 Å². The molecule has 6 nitrogen and oxygen atoms in total. The van der Waals surface area contributed by atoms with Crippen LogP contribution in [0.4, 0.5) is 4.39 Å². The summed E-state index contributed by atoms with van der Waals surface area (Å²) in [6, 6.07) is 10.1. The maximum Gasteiger partial charge on any atom is 0.235 e. The largest absolute Gasteiger partial charge is 0.492 e. The maximum absolute atomic E-state index is 14.0. The number of aromatic hydroxyl groups is 1. The zero-order valence-corrected chi connectivity index (χ0v) is 16.8. The SMILES string of the molecule is CC1CC[NH+]([C@H](c2cccc(F)c2)c2sc3nc(-c4ccco4)nn3c2O)CC1. The lowest BCUT2D eigenvalue weighted by Crippen LogP contribution is -3.13. The molecule has 8 heteroatoms. The van der Waals surface area contributed by atoms with Crippen LogP contribution >= 0.6 is 11.3 Å². The first-order chi connectivity index (χ1) is 14.1. The molecular weight excluding hydrogens is 391 g/mol. The smallest absolute Gasteiger partial charge is 0.235 e. The molecule has 29 heavy (non-hydrogen) atoms. The predicted octanol–water partition coefficient (Wildman–Crippen LogP) is 3.30. The van der Waals surface area contributed by atoms with Crippen molar-refractivity contribution < 1.29 is 18.8 Å². The summed E-state index contributed by atoms with van der Waals surface area (Å²) >= 11 is 1.40. The summed E-state index contributed by atoms with van der Waals surface area (Å²) in [6.07, 6.45) is 3.80. The number of quaternary nitrogens is 1. The summed E-state index contributed by atoms with van der Waals surface area (Å²) in [5, 5.41) is 15.4. The van der Waals surface area contributed by atoms with Gasteiger partial charge in [0.05, 0.1) is 19.4 Å². The third-order valence-electron chi connectivity index (χ3n) is 5.71. The van der Waals surface area contributed by atoms with Crippen molar-refractivity contribution in [1.29, 1.82) is 0 Å². The van der Waals surface area contributed by atoms with Crippen molar-refractivity contribution in [2.24, 2.45) is 5.92 Å². The van der Waals surface area contributed by atoms with Crippen molar-refractivity contribution in [3.63, 3.8) is 0 Å². The Hall–Kier alpha value is -2.71. The monoisotopic (exact) mass is 413 g/mol. The standard InChI is InChI=1S/C21H21FN4O2S/c1-13-7-9-25(10-8-13)17(14-4-2-5-15(22)12-14)18-20(27)26-21(29-18)23-19(24-26)16-6-3-11-28-16/h2-6,11-13,17,27H,7-10H2,1H3/p+1/t17-/m1/s1. The summed E-state index contributed by atoms with van der Waals surface area (Å²) in [6.45, 7) is 4.23. The van der Waals surface area contributed by atoms with Crippen LogP contribution in [0.3, 0.4) is 0 Å². The molecule has 0 radical (unpaired) electrons. The molecule has 150 valence electrons. The normalized spacial score (nSPS) is 20.9. The predicted molar refractivity (Wildman–Crippen MR) is 108 cm³/mol. The highest BCUT2D eigenvalue weighted by Gasteiger charge is 2.35. The number of benzene rings is 1. The zero-order chi connectivity index (χ0) is 20.0. The van der Waals surface area contributed by atoms with Crippen LogP contribution in [0, 0.1) is 11.7 Å². The first-order valence-corrected chi connectivity index (χ1v) is 10.6. The molecule has 3 aromatic heterocycles. The molecular formula is C21H22FN4O2S+. The quantitative estimate of drug-likeness (QED) is 0.539. The van der Waals surface area contributed by atoms with Crippen LogP contribution in [-0.2, 0) is 0 Å². The molecule has 1 aliphatic rings. The van der Waals surface area contributed by atoms with Crippen LogP contribution in [0.1, 0.15) is 36.2 Å². The number of aromatic nitrogens is 3. The molecule has 1 saturated heterocycles. The van der Waals surface area contributed by atoms with Crippen molar-refractivity contribution in [1.82, 2.24) is 14.6 Å². The molecule has 4 heterocycles. The van der Waals surface area contributed by atoms with E-state index >= 15 is 0 Å². The van der Waals surface area contributed by atoms with E-state index in [0.29, 0.717) is 22.5 Å². The van der Waals surface area contributed by atoms with E-state index in [1.165, 1.54) is 26.8 Å². The van der Waals surface area contributed by atoms with Gasteiger partial charge in [-0.1, -0.05) is 30.4 Å². The maximum atomic E-state index is 14.0. The van der Waals surface area contributed by atoms with Crippen LogP contribution < -0.4 is 4.90 Å². The molecule has 0 spiro atoms. The van der Waals surface area contributed by atoms with Gasteiger partial charge >= 0.3 is 0 Å². The first kappa shape index (κ1) is 18.3. The Kier molecular flexibility index (Phi) is 4.60. The molecule has 1 fully saturated rings. The fourth-order valence-electron chi connectivity index (χ4n) is 4.13. The molecule has 0 amide bonds. The van der Waals surface area contributed by atoms with Gasteiger partial charge in [-0.25, -0.2) is 4.39 Å². The van der Waals surface area contributed by atoms with Gasteiger partial charge in [-0.05, 0) is 43.0 Å². The van der Waals surface area contributed by atoms with Crippen LogP contribution in [-0.4, -0.2) is 32.8 Å². The molecule has 0 unspecified atom stereocenters. The Labute approximate surface area is 171 Å². The summed E-state index contributed by atoms with van der Waals surface area (Å²) in [4.78, 5) is 7.21. The summed E-state index contributed by atoms with van der Waals surface area (Å²) in [5.41, 5.74) is 0.862. The summed E-state index contributed by atoms with van der Waals surface area (Å²) in [7, 11) is 0. The lowest BCUT2D eigenvalue weighted by atomic mass is 9.95. The number of thiazole rings is 1. The van der Waals surface area contributed by atoms with Crippen molar-refractivity contribution >= 4 is 16.3 Å². The Bertz CT molecular complexity index is 1130. The molecule has 0 aliphatic carbocycles. The lowest BCUT2D eigenvalue weighted by Gasteiger charge is -2.33. The number of likely N-dealkylation sites (tertiary alicyclic amines) is 1. The van der Waals surface area contributed by atoms with E-state index in [1.807, 2.05) is 6.07 Å². The third kappa shape index (κ3) is 3.32. The number of fused-ring (bicyclic) bond motifs is 1. The third-order valence-corrected chi connectivity index (χ3v) is 6.80. The highest BCUT2D eigenvalue weighted by atomic mass is 32.1. The number of nitrogens with one attached hydrogen (secondary N) is 1. The number of furan rings is 1. The molecule has 0 bridgehead atoms. The van der Waals surface area contributed by atoms with E-state index in [4.69, 9.17) is 4.42 Å². The van der Waals surface area contributed by atoms with Crippen LogP contribution in [0.25, 0.3) is 16.5 Å². The van der Waals surface area contributed by atoms with E-state index in [9.17, 15) is 9.50 Å². The van der Waals surface area contributed by atoms with Crippen molar-refractivity contribution in [2.45, 2.75) is 25.8 Å². The molecule has 1 aromatic carbocycles. The Morgan fingerprint density at radius 2 is 2.10 bits per heavy atom. The van der Waals surface area contributed by atoms with Crippen molar-refractivity contribution in [2.75, 3.05) is 13.1 Å². The highest BCUT2D eigenvalue weighted by Crippen LogP contribution is 2.36. The zero-order valence-electron chi connectivity index (χ0n) is 16.0. The fourth-order valence-corrected chi connectivity index (χ4v) is 5.27. The minimum Gasteiger partial charge on any atom is -0.492 e. The number of rotatable bonds is 4. The van der Waals surface area contributed by atoms with Crippen LogP contribution in [0.5, 0.6) is 5.88 Å². The first-order valence-electron chi connectivity index (χ1n) is 9.82. The van der Waals surface area contributed by atoms with Crippen LogP contribution in [0.2, 0.25) is 0 Å². The van der Waals surface area contributed by atoms with Gasteiger partial charge in [-0.3, -0.25) is 0 Å².